The highest BCUT2D eigenvalue weighted by Gasteiger charge is 2.14. The third-order valence-electron chi connectivity index (χ3n) is 3.53. The van der Waals surface area contributed by atoms with Gasteiger partial charge in [0.25, 0.3) is 0 Å². The van der Waals surface area contributed by atoms with Crippen molar-refractivity contribution in [3.05, 3.63) is 23.8 Å². The minimum absolute atomic E-state index is 0.661. The standard InChI is InChI=1S/C15H24N2O2/c1-4-19-14-6-5-13(11-15(14)18-3)12-17-9-7-16(2)8-10-17/h5-6,11H,4,7-10,12H2,1-3H3. The summed E-state index contributed by atoms with van der Waals surface area (Å²) in [4.78, 5) is 4.85. The van der Waals surface area contributed by atoms with Crippen molar-refractivity contribution in [2.45, 2.75) is 13.5 Å². The van der Waals surface area contributed by atoms with Crippen LogP contribution in [-0.4, -0.2) is 56.7 Å². The summed E-state index contributed by atoms with van der Waals surface area (Å²) < 4.78 is 10.9. The fraction of sp³-hybridized carbons (Fsp3) is 0.600. The van der Waals surface area contributed by atoms with Crippen molar-refractivity contribution in [1.82, 2.24) is 9.80 Å². The Balaban J connectivity index is 2.00. The van der Waals surface area contributed by atoms with E-state index in [0.29, 0.717) is 6.61 Å². The number of likely N-dealkylation sites (N-methyl/N-ethyl adjacent to an activating group) is 1. The third kappa shape index (κ3) is 3.85. The van der Waals surface area contributed by atoms with Crippen molar-refractivity contribution in [2.24, 2.45) is 0 Å². The molecule has 4 nitrogen and oxygen atoms in total. The van der Waals surface area contributed by atoms with Crippen LogP contribution in [0, 0.1) is 0 Å². The number of rotatable bonds is 5. The quantitative estimate of drug-likeness (QED) is 0.810. The molecular weight excluding hydrogens is 240 g/mol. The van der Waals surface area contributed by atoms with E-state index in [1.165, 1.54) is 5.56 Å². The van der Waals surface area contributed by atoms with Crippen molar-refractivity contribution in [3.8, 4) is 11.5 Å². The fourth-order valence-corrected chi connectivity index (χ4v) is 2.35. The molecule has 0 unspecified atom stereocenters. The van der Waals surface area contributed by atoms with Crippen LogP contribution in [0.3, 0.4) is 0 Å². The van der Waals surface area contributed by atoms with Crippen LogP contribution >= 0.6 is 0 Å². The van der Waals surface area contributed by atoms with E-state index in [2.05, 4.69) is 29.0 Å². The van der Waals surface area contributed by atoms with Gasteiger partial charge < -0.3 is 14.4 Å². The second-order valence-corrected chi connectivity index (χ2v) is 5.00. The molecule has 1 aromatic rings. The van der Waals surface area contributed by atoms with Crippen molar-refractivity contribution in [1.29, 1.82) is 0 Å². The van der Waals surface area contributed by atoms with Crippen LogP contribution < -0.4 is 9.47 Å². The SMILES string of the molecule is CCOc1ccc(CN2CCN(C)CC2)cc1OC. The van der Waals surface area contributed by atoms with Gasteiger partial charge in [-0.2, -0.15) is 0 Å². The maximum absolute atomic E-state index is 5.54. The molecule has 0 bridgehead atoms. The zero-order valence-electron chi connectivity index (χ0n) is 12.2. The Labute approximate surface area is 115 Å². The van der Waals surface area contributed by atoms with Crippen LogP contribution in [0.25, 0.3) is 0 Å². The summed E-state index contributed by atoms with van der Waals surface area (Å²) in [6.45, 7) is 8.18. The average Bonchev–Trinajstić information content (AvgIpc) is 2.43. The molecule has 1 saturated heterocycles. The van der Waals surface area contributed by atoms with E-state index in [1.807, 2.05) is 13.0 Å². The molecule has 0 saturated carbocycles. The maximum atomic E-state index is 5.54. The molecule has 0 spiro atoms. The van der Waals surface area contributed by atoms with Crippen molar-refractivity contribution in [2.75, 3.05) is 46.9 Å². The van der Waals surface area contributed by atoms with Gasteiger partial charge in [-0.1, -0.05) is 6.07 Å². The minimum atomic E-state index is 0.661. The Bertz CT molecular complexity index is 401. The molecule has 19 heavy (non-hydrogen) atoms. The van der Waals surface area contributed by atoms with E-state index in [4.69, 9.17) is 9.47 Å². The molecule has 4 heteroatoms. The molecule has 0 aromatic heterocycles. The minimum Gasteiger partial charge on any atom is -0.493 e. The summed E-state index contributed by atoms with van der Waals surface area (Å²) in [5.74, 6) is 1.65. The van der Waals surface area contributed by atoms with Gasteiger partial charge in [0.2, 0.25) is 0 Å². The lowest BCUT2D eigenvalue weighted by Crippen LogP contribution is -2.43. The van der Waals surface area contributed by atoms with Gasteiger partial charge in [-0.05, 0) is 31.7 Å². The summed E-state index contributed by atoms with van der Waals surface area (Å²) in [7, 11) is 3.87. The van der Waals surface area contributed by atoms with Gasteiger partial charge in [0.15, 0.2) is 11.5 Å². The topological polar surface area (TPSA) is 24.9 Å². The summed E-state index contributed by atoms with van der Waals surface area (Å²) in [5.41, 5.74) is 1.28. The molecule has 2 rings (SSSR count). The first-order valence-corrected chi connectivity index (χ1v) is 6.93. The molecule has 0 amide bonds. The summed E-state index contributed by atoms with van der Waals surface area (Å²) >= 11 is 0. The second kappa shape index (κ2) is 6.78. The molecule has 0 atom stereocenters. The molecular formula is C15H24N2O2. The lowest BCUT2D eigenvalue weighted by molar-refractivity contribution is 0.148. The van der Waals surface area contributed by atoms with E-state index in [-0.39, 0.29) is 0 Å². The molecule has 0 radical (unpaired) electrons. The van der Waals surface area contributed by atoms with Crippen LogP contribution in [0.1, 0.15) is 12.5 Å². The van der Waals surface area contributed by atoms with E-state index in [1.54, 1.807) is 7.11 Å². The molecule has 1 heterocycles. The number of nitrogens with zero attached hydrogens (tertiary/aromatic N) is 2. The van der Waals surface area contributed by atoms with Gasteiger partial charge in [-0.15, -0.1) is 0 Å². The van der Waals surface area contributed by atoms with Crippen molar-refractivity contribution < 1.29 is 9.47 Å². The Morgan fingerprint density at radius 2 is 1.84 bits per heavy atom. The molecule has 1 aliphatic heterocycles. The first kappa shape index (κ1) is 14.2. The van der Waals surface area contributed by atoms with Crippen molar-refractivity contribution >= 4 is 0 Å². The fourth-order valence-electron chi connectivity index (χ4n) is 2.35. The van der Waals surface area contributed by atoms with Crippen molar-refractivity contribution in [3.63, 3.8) is 0 Å². The van der Waals surface area contributed by atoms with E-state index in [9.17, 15) is 0 Å². The van der Waals surface area contributed by atoms with Gasteiger partial charge in [-0.25, -0.2) is 0 Å². The normalized spacial score (nSPS) is 17.4. The lowest BCUT2D eigenvalue weighted by Gasteiger charge is -2.32. The highest BCUT2D eigenvalue weighted by atomic mass is 16.5. The Hall–Kier alpha value is -1.26. The molecule has 1 aromatic carbocycles. The van der Waals surface area contributed by atoms with E-state index in [0.717, 1.165) is 44.2 Å². The number of ether oxygens (including phenoxy) is 2. The largest absolute Gasteiger partial charge is 0.493 e. The van der Waals surface area contributed by atoms with E-state index >= 15 is 0 Å². The third-order valence-corrected chi connectivity index (χ3v) is 3.53. The highest BCUT2D eigenvalue weighted by molar-refractivity contribution is 5.42. The van der Waals surface area contributed by atoms with Crippen LogP contribution in [-0.2, 0) is 6.54 Å². The predicted octanol–water partition coefficient (Wildman–Crippen LogP) is 1.84. The number of methoxy groups -OCH3 is 1. The van der Waals surface area contributed by atoms with Gasteiger partial charge >= 0.3 is 0 Å². The van der Waals surface area contributed by atoms with Crippen LogP contribution in [0.4, 0.5) is 0 Å². The van der Waals surface area contributed by atoms with Gasteiger partial charge in [0, 0.05) is 32.7 Å². The molecule has 0 N–H and O–H groups in total. The maximum Gasteiger partial charge on any atom is 0.161 e. The number of benzene rings is 1. The molecule has 1 aliphatic rings. The van der Waals surface area contributed by atoms with Crippen LogP contribution in [0.2, 0.25) is 0 Å². The molecule has 1 fully saturated rings. The smallest absolute Gasteiger partial charge is 0.161 e. The number of hydrogen-bond donors (Lipinski definition) is 0. The Morgan fingerprint density at radius 3 is 2.47 bits per heavy atom. The molecule has 106 valence electrons. The first-order chi connectivity index (χ1) is 9.22. The van der Waals surface area contributed by atoms with E-state index < -0.39 is 0 Å². The van der Waals surface area contributed by atoms with Crippen LogP contribution in [0.15, 0.2) is 18.2 Å². The second-order valence-electron chi connectivity index (χ2n) is 5.00. The number of piperazine rings is 1. The average molecular weight is 264 g/mol. The highest BCUT2D eigenvalue weighted by Crippen LogP contribution is 2.28. The van der Waals surface area contributed by atoms with Gasteiger partial charge in [0.05, 0.1) is 13.7 Å². The predicted molar refractivity (Wildman–Crippen MR) is 76.9 cm³/mol. The zero-order chi connectivity index (χ0) is 13.7. The monoisotopic (exact) mass is 264 g/mol. The first-order valence-electron chi connectivity index (χ1n) is 6.93. The summed E-state index contributed by atoms with van der Waals surface area (Å²) in [6, 6.07) is 6.23. The van der Waals surface area contributed by atoms with Gasteiger partial charge in [-0.3, -0.25) is 4.90 Å². The lowest BCUT2D eigenvalue weighted by atomic mass is 10.1. The Morgan fingerprint density at radius 1 is 1.11 bits per heavy atom. The van der Waals surface area contributed by atoms with Gasteiger partial charge in [0.1, 0.15) is 0 Å². The summed E-state index contributed by atoms with van der Waals surface area (Å²) in [6.07, 6.45) is 0. The number of hydrogen-bond acceptors (Lipinski definition) is 4. The Kier molecular flexibility index (Phi) is 5.05. The zero-order valence-corrected chi connectivity index (χ0v) is 12.2. The van der Waals surface area contributed by atoms with Crippen LogP contribution in [0.5, 0.6) is 11.5 Å². The summed E-state index contributed by atoms with van der Waals surface area (Å²) in [5, 5.41) is 0. The molecule has 0 aliphatic carbocycles.